The lowest BCUT2D eigenvalue weighted by Crippen LogP contribution is -2.01. The summed E-state index contributed by atoms with van der Waals surface area (Å²) in [4.78, 5) is 8.91. The summed E-state index contributed by atoms with van der Waals surface area (Å²) in [6.07, 6.45) is 2.45. The molecule has 1 aromatic heterocycles. The molecule has 1 saturated carbocycles. The minimum absolute atomic E-state index is 0.552. The number of nitrogens with zero attached hydrogens (tertiary/aromatic N) is 2. The van der Waals surface area contributed by atoms with Crippen LogP contribution in [-0.4, -0.2) is 15.2 Å². The molecule has 0 spiro atoms. The molecule has 16 heavy (non-hydrogen) atoms. The smallest absolute Gasteiger partial charge is 0.147 e. The van der Waals surface area contributed by atoms with Crippen LogP contribution in [0.15, 0.2) is 4.47 Å². The second-order valence-electron chi connectivity index (χ2n) is 4.26. The molecule has 88 valence electrons. The number of rotatable bonds is 4. The summed E-state index contributed by atoms with van der Waals surface area (Å²) >= 11 is 11.4. The maximum absolute atomic E-state index is 6.10. The molecule has 1 aromatic rings. The van der Waals surface area contributed by atoms with Crippen molar-refractivity contribution in [2.45, 2.75) is 43.6 Å². The molecule has 2 rings (SSSR count). The lowest BCUT2D eigenvalue weighted by molar-refractivity contribution is 0.918. The van der Waals surface area contributed by atoms with Gasteiger partial charge in [0.1, 0.15) is 11.0 Å². The third-order valence-electron chi connectivity index (χ3n) is 2.39. The van der Waals surface area contributed by atoms with Crippen molar-refractivity contribution in [1.82, 2.24) is 9.97 Å². The maximum atomic E-state index is 6.10. The fourth-order valence-corrected chi connectivity index (χ4v) is 2.72. The molecule has 5 heteroatoms. The second kappa shape index (κ2) is 5.23. The Morgan fingerprint density at radius 1 is 1.44 bits per heavy atom. The first-order chi connectivity index (χ1) is 7.58. The molecule has 0 bridgehead atoms. The molecular formula is C11H14BrClN2S. The Morgan fingerprint density at radius 3 is 2.69 bits per heavy atom. The molecule has 0 unspecified atom stereocenters. The summed E-state index contributed by atoms with van der Waals surface area (Å²) in [5.74, 6) is 2.29. The molecule has 1 aliphatic rings. The lowest BCUT2D eigenvalue weighted by Gasteiger charge is -2.08. The average molecular weight is 322 g/mol. The van der Waals surface area contributed by atoms with Gasteiger partial charge in [0.25, 0.3) is 0 Å². The fourth-order valence-electron chi connectivity index (χ4n) is 1.41. The summed E-state index contributed by atoms with van der Waals surface area (Å²) in [6, 6.07) is 0. The highest BCUT2D eigenvalue weighted by atomic mass is 79.9. The van der Waals surface area contributed by atoms with Crippen LogP contribution in [0, 0.1) is 0 Å². The summed E-state index contributed by atoms with van der Waals surface area (Å²) in [7, 11) is 0. The van der Waals surface area contributed by atoms with E-state index in [1.54, 1.807) is 0 Å². The molecule has 1 heterocycles. The number of thioether (sulfide) groups is 1. The van der Waals surface area contributed by atoms with Crippen molar-refractivity contribution >= 4 is 39.3 Å². The number of hydrogen-bond acceptors (Lipinski definition) is 3. The third-order valence-corrected chi connectivity index (χ3v) is 4.77. The molecule has 0 radical (unpaired) electrons. The minimum atomic E-state index is 0.552. The van der Waals surface area contributed by atoms with Crippen LogP contribution < -0.4 is 0 Å². The van der Waals surface area contributed by atoms with Gasteiger partial charge in [-0.2, -0.15) is 11.8 Å². The van der Waals surface area contributed by atoms with Crippen LogP contribution in [0.4, 0.5) is 0 Å². The van der Waals surface area contributed by atoms with E-state index in [9.17, 15) is 0 Å². The van der Waals surface area contributed by atoms with Crippen LogP contribution >= 0.6 is 39.3 Å². The van der Waals surface area contributed by atoms with Crippen molar-refractivity contribution in [3.63, 3.8) is 0 Å². The first kappa shape index (κ1) is 12.7. The van der Waals surface area contributed by atoms with E-state index >= 15 is 0 Å². The molecule has 2 nitrogen and oxygen atoms in total. The molecule has 0 N–H and O–H groups in total. The zero-order valence-corrected chi connectivity index (χ0v) is 12.5. The van der Waals surface area contributed by atoms with E-state index in [4.69, 9.17) is 11.6 Å². The molecule has 0 aliphatic heterocycles. The van der Waals surface area contributed by atoms with Crippen molar-refractivity contribution in [3.8, 4) is 0 Å². The topological polar surface area (TPSA) is 25.8 Å². The first-order valence-corrected chi connectivity index (χ1v) is 7.63. The molecule has 0 aromatic carbocycles. The predicted molar refractivity (Wildman–Crippen MR) is 73.1 cm³/mol. The Bertz CT molecular complexity index is 394. The van der Waals surface area contributed by atoms with Crippen LogP contribution in [-0.2, 0) is 5.75 Å². The van der Waals surface area contributed by atoms with Gasteiger partial charge in [0.2, 0.25) is 0 Å². The standard InChI is InChI=1S/C11H14BrClN2S/c1-6(2)16-5-8-14-10(7-3-4-7)9(12)11(13)15-8/h6-7H,3-5H2,1-2H3. The largest absolute Gasteiger partial charge is 0.235 e. The summed E-state index contributed by atoms with van der Waals surface area (Å²) in [5, 5.41) is 1.15. The Kier molecular flexibility index (Phi) is 4.14. The zero-order valence-electron chi connectivity index (χ0n) is 9.33. The summed E-state index contributed by atoms with van der Waals surface area (Å²) in [5.41, 5.74) is 1.10. The minimum Gasteiger partial charge on any atom is -0.235 e. The monoisotopic (exact) mass is 320 g/mol. The fraction of sp³-hybridized carbons (Fsp3) is 0.636. The van der Waals surface area contributed by atoms with E-state index in [0.717, 1.165) is 21.7 Å². The van der Waals surface area contributed by atoms with E-state index in [1.165, 1.54) is 12.8 Å². The molecule has 0 amide bonds. The second-order valence-corrected chi connectivity index (χ2v) is 6.98. The first-order valence-electron chi connectivity index (χ1n) is 5.41. The van der Waals surface area contributed by atoms with E-state index in [1.807, 2.05) is 11.8 Å². The van der Waals surface area contributed by atoms with Gasteiger partial charge in [-0.1, -0.05) is 25.4 Å². The van der Waals surface area contributed by atoms with Gasteiger partial charge in [0.05, 0.1) is 15.9 Å². The lowest BCUT2D eigenvalue weighted by atomic mass is 10.3. The van der Waals surface area contributed by atoms with Gasteiger partial charge in [-0.25, -0.2) is 9.97 Å². The predicted octanol–water partition coefficient (Wildman–Crippen LogP) is 4.41. The normalized spacial score (nSPS) is 15.8. The van der Waals surface area contributed by atoms with Gasteiger partial charge >= 0.3 is 0 Å². The van der Waals surface area contributed by atoms with Crippen molar-refractivity contribution in [2.75, 3.05) is 0 Å². The van der Waals surface area contributed by atoms with E-state index in [2.05, 4.69) is 39.7 Å². The van der Waals surface area contributed by atoms with E-state index in [-0.39, 0.29) is 0 Å². The van der Waals surface area contributed by atoms with Crippen LogP contribution in [0.5, 0.6) is 0 Å². The van der Waals surface area contributed by atoms with Crippen molar-refractivity contribution in [2.24, 2.45) is 0 Å². The van der Waals surface area contributed by atoms with Crippen molar-refractivity contribution in [1.29, 1.82) is 0 Å². The van der Waals surface area contributed by atoms with Crippen LogP contribution in [0.25, 0.3) is 0 Å². The maximum Gasteiger partial charge on any atom is 0.147 e. The molecular weight excluding hydrogens is 308 g/mol. The highest BCUT2D eigenvalue weighted by Gasteiger charge is 2.29. The Hall–Kier alpha value is 0.200. The Labute approximate surface area is 114 Å². The highest BCUT2D eigenvalue weighted by molar-refractivity contribution is 9.10. The molecule has 1 aliphatic carbocycles. The van der Waals surface area contributed by atoms with Crippen LogP contribution in [0.3, 0.4) is 0 Å². The van der Waals surface area contributed by atoms with Gasteiger partial charge in [-0.15, -0.1) is 0 Å². The third kappa shape index (κ3) is 3.11. The number of halogens is 2. The number of hydrogen-bond donors (Lipinski definition) is 0. The van der Waals surface area contributed by atoms with Gasteiger partial charge < -0.3 is 0 Å². The van der Waals surface area contributed by atoms with Gasteiger partial charge in [-0.05, 0) is 34.0 Å². The quantitative estimate of drug-likeness (QED) is 0.768. The van der Waals surface area contributed by atoms with Crippen molar-refractivity contribution < 1.29 is 0 Å². The van der Waals surface area contributed by atoms with E-state index in [0.29, 0.717) is 16.3 Å². The van der Waals surface area contributed by atoms with Crippen LogP contribution in [0.2, 0.25) is 5.15 Å². The Morgan fingerprint density at radius 2 is 2.12 bits per heavy atom. The van der Waals surface area contributed by atoms with E-state index < -0.39 is 0 Å². The zero-order chi connectivity index (χ0) is 11.7. The van der Waals surface area contributed by atoms with Crippen molar-refractivity contribution in [3.05, 3.63) is 21.1 Å². The molecule has 0 saturated heterocycles. The SMILES string of the molecule is CC(C)SCc1nc(Cl)c(Br)c(C2CC2)n1. The number of aromatic nitrogens is 2. The molecule has 1 fully saturated rings. The van der Waals surface area contributed by atoms with Gasteiger partial charge in [-0.3, -0.25) is 0 Å². The summed E-state index contributed by atoms with van der Waals surface area (Å²) < 4.78 is 0.884. The summed E-state index contributed by atoms with van der Waals surface area (Å²) in [6.45, 7) is 4.35. The Balaban J connectivity index is 2.19. The average Bonchev–Trinajstić information content (AvgIpc) is 3.03. The molecule has 0 atom stereocenters. The van der Waals surface area contributed by atoms with Crippen LogP contribution in [0.1, 0.15) is 44.1 Å². The highest BCUT2D eigenvalue weighted by Crippen LogP contribution is 2.43. The van der Waals surface area contributed by atoms with Gasteiger partial charge in [0.15, 0.2) is 0 Å². The van der Waals surface area contributed by atoms with Gasteiger partial charge in [0, 0.05) is 5.92 Å².